The Hall–Kier alpha value is -2.54. The summed E-state index contributed by atoms with van der Waals surface area (Å²) in [6, 6.07) is 6.28. The van der Waals surface area contributed by atoms with Crippen LogP contribution in [0.1, 0.15) is 40.6 Å². The molecule has 0 bridgehead atoms. The maximum Gasteiger partial charge on any atom is 0.263 e. The Kier molecular flexibility index (Phi) is 5.23. The first kappa shape index (κ1) is 17.3. The number of carbonyl (C=O) groups is 1. The Morgan fingerprint density at radius 3 is 2.64 bits per heavy atom. The zero-order valence-electron chi connectivity index (χ0n) is 14.1. The summed E-state index contributed by atoms with van der Waals surface area (Å²) in [5.74, 6) is -0.284. The van der Waals surface area contributed by atoms with Crippen LogP contribution in [0.25, 0.3) is 0 Å². The molecule has 1 amide bonds. The highest BCUT2D eigenvalue weighted by molar-refractivity contribution is 5.93. The van der Waals surface area contributed by atoms with E-state index in [-0.39, 0.29) is 17.4 Å². The van der Waals surface area contributed by atoms with Gasteiger partial charge in [-0.15, -0.1) is 0 Å². The molecule has 1 saturated heterocycles. The number of aromatic amines is 1. The van der Waals surface area contributed by atoms with E-state index in [0.29, 0.717) is 12.4 Å². The van der Waals surface area contributed by atoms with Crippen molar-refractivity contribution in [1.29, 1.82) is 0 Å². The molecule has 2 aromatic rings. The molecule has 7 heteroatoms. The third-order valence-corrected chi connectivity index (χ3v) is 4.46. The average molecular weight is 344 g/mol. The molecule has 3 rings (SSSR count). The van der Waals surface area contributed by atoms with E-state index in [9.17, 15) is 14.0 Å². The number of rotatable bonds is 5. The molecular weight excluding hydrogens is 323 g/mol. The van der Waals surface area contributed by atoms with Gasteiger partial charge in [0.1, 0.15) is 17.2 Å². The van der Waals surface area contributed by atoms with E-state index < -0.39 is 11.5 Å². The summed E-state index contributed by atoms with van der Waals surface area (Å²) in [6.07, 6.45) is 3.49. The normalized spacial score (nSPS) is 15.9. The quantitative estimate of drug-likeness (QED) is 0.867. The summed E-state index contributed by atoms with van der Waals surface area (Å²) in [4.78, 5) is 33.0. The smallest absolute Gasteiger partial charge is 0.263 e. The molecule has 0 saturated carbocycles. The highest BCUT2D eigenvalue weighted by atomic mass is 19.1. The Bertz CT molecular complexity index is 797. The van der Waals surface area contributed by atoms with Gasteiger partial charge in [-0.05, 0) is 50.6 Å². The van der Waals surface area contributed by atoms with E-state index >= 15 is 0 Å². The molecule has 1 fully saturated rings. The Morgan fingerprint density at radius 2 is 2.00 bits per heavy atom. The molecule has 6 nitrogen and oxygen atoms in total. The molecule has 1 aliphatic heterocycles. The predicted octanol–water partition coefficient (Wildman–Crippen LogP) is 1.78. The second-order valence-electron chi connectivity index (χ2n) is 6.23. The summed E-state index contributed by atoms with van der Waals surface area (Å²) < 4.78 is 13.2. The first-order valence-corrected chi connectivity index (χ1v) is 8.38. The van der Waals surface area contributed by atoms with E-state index in [0.717, 1.165) is 31.5 Å². The zero-order chi connectivity index (χ0) is 17.8. The first-order valence-electron chi connectivity index (χ1n) is 8.38. The Labute approximate surface area is 145 Å². The second-order valence-corrected chi connectivity index (χ2v) is 6.23. The van der Waals surface area contributed by atoms with Gasteiger partial charge in [0, 0.05) is 12.7 Å². The molecule has 0 radical (unpaired) electrons. The number of aryl methyl sites for hydroxylation is 1. The van der Waals surface area contributed by atoms with Crippen molar-refractivity contribution in [3.05, 3.63) is 63.6 Å². The van der Waals surface area contributed by atoms with Crippen LogP contribution in [0.3, 0.4) is 0 Å². The number of likely N-dealkylation sites (tertiary alicyclic amines) is 1. The van der Waals surface area contributed by atoms with Crippen LogP contribution in [0.15, 0.2) is 35.3 Å². The molecule has 1 aliphatic rings. The topological polar surface area (TPSA) is 78.1 Å². The Balaban J connectivity index is 1.75. The van der Waals surface area contributed by atoms with E-state index in [4.69, 9.17) is 0 Å². The largest absolute Gasteiger partial charge is 0.350 e. The summed E-state index contributed by atoms with van der Waals surface area (Å²) in [7, 11) is 0. The minimum Gasteiger partial charge on any atom is -0.350 e. The SMILES string of the molecule is Cc1ncc(C(=O)NC[C@H](c2ccc(F)cc2)N2CCCC2)c(=O)[nH]1. The van der Waals surface area contributed by atoms with Crippen molar-refractivity contribution in [1.82, 2.24) is 20.2 Å². The molecule has 0 unspecified atom stereocenters. The number of carbonyl (C=O) groups excluding carboxylic acids is 1. The lowest BCUT2D eigenvalue weighted by molar-refractivity contribution is 0.0936. The number of benzene rings is 1. The Morgan fingerprint density at radius 1 is 1.32 bits per heavy atom. The third-order valence-electron chi connectivity index (χ3n) is 4.46. The summed E-state index contributed by atoms with van der Waals surface area (Å²) in [6.45, 7) is 3.87. The van der Waals surface area contributed by atoms with Crippen LogP contribution in [-0.2, 0) is 0 Å². The van der Waals surface area contributed by atoms with Crippen molar-refractivity contribution in [2.24, 2.45) is 0 Å². The lowest BCUT2D eigenvalue weighted by Crippen LogP contribution is -2.38. The van der Waals surface area contributed by atoms with Crippen molar-refractivity contribution >= 4 is 5.91 Å². The van der Waals surface area contributed by atoms with Gasteiger partial charge in [-0.1, -0.05) is 12.1 Å². The lowest BCUT2D eigenvalue weighted by atomic mass is 10.1. The van der Waals surface area contributed by atoms with Gasteiger partial charge in [-0.25, -0.2) is 9.37 Å². The third kappa shape index (κ3) is 4.11. The molecule has 25 heavy (non-hydrogen) atoms. The van der Waals surface area contributed by atoms with Crippen LogP contribution in [0, 0.1) is 12.7 Å². The van der Waals surface area contributed by atoms with Gasteiger partial charge in [0.25, 0.3) is 11.5 Å². The van der Waals surface area contributed by atoms with Crippen molar-refractivity contribution in [2.75, 3.05) is 19.6 Å². The fraction of sp³-hybridized carbons (Fsp3) is 0.389. The van der Waals surface area contributed by atoms with Gasteiger partial charge in [0.15, 0.2) is 0 Å². The molecule has 1 aromatic heterocycles. The lowest BCUT2D eigenvalue weighted by Gasteiger charge is -2.28. The van der Waals surface area contributed by atoms with E-state index in [1.54, 1.807) is 19.1 Å². The van der Waals surface area contributed by atoms with Crippen molar-refractivity contribution in [3.8, 4) is 0 Å². The number of hydrogen-bond donors (Lipinski definition) is 2. The number of amides is 1. The number of H-pyrrole nitrogens is 1. The molecule has 1 aromatic carbocycles. The molecule has 2 heterocycles. The van der Waals surface area contributed by atoms with Gasteiger partial charge in [-0.3, -0.25) is 14.5 Å². The van der Waals surface area contributed by atoms with Crippen LogP contribution < -0.4 is 10.9 Å². The minimum absolute atomic E-state index is 0.00937. The number of halogens is 1. The number of nitrogens with one attached hydrogen (secondary N) is 2. The van der Waals surface area contributed by atoms with Crippen molar-refractivity contribution in [3.63, 3.8) is 0 Å². The van der Waals surface area contributed by atoms with Crippen LogP contribution in [-0.4, -0.2) is 40.4 Å². The fourth-order valence-electron chi connectivity index (χ4n) is 3.13. The highest BCUT2D eigenvalue weighted by Gasteiger charge is 2.24. The molecule has 0 spiro atoms. The standard InChI is InChI=1S/C18H21FN4O2/c1-12-20-10-15(18(25)22-12)17(24)21-11-16(23-8-2-3-9-23)13-4-6-14(19)7-5-13/h4-7,10,16H,2-3,8-9,11H2,1H3,(H,21,24)(H,20,22,25)/t16-/m1/s1. The molecule has 2 N–H and O–H groups in total. The number of hydrogen-bond acceptors (Lipinski definition) is 4. The van der Waals surface area contributed by atoms with Crippen molar-refractivity contribution in [2.45, 2.75) is 25.8 Å². The van der Waals surface area contributed by atoms with Gasteiger partial charge in [-0.2, -0.15) is 0 Å². The van der Waals surface area contributed by atoms with Crippen LogP contribution in [0.2, 0.25) is 0 Å². The highest BCUT2D eigenvalue weighted by Crippen LogP contribution is 2.24. The van der Waals surface area contributed by atoms with Crippen molar-refractivity contribution < 1.29 is 9.18 Å². The monoisotopic (exact) mass is 344 g/mol. The number of nitrogens with zero attached hydrogens (tertiary/aromatic N) is 2. The fourth-order valence-corrected chi connectivity index (χ4v) is 3.13. The number of aromatic nitrogens is 2. The van der Waals surface area contributed by atoms with E-state index in [1.807, 2.05) is 0 Å². The molecule has 0 aliphatic carbocycles. The summed E-state index contributed by atoms with van der Waals surface area (Å²) >= 11 is 0. The van der Waals surface area contributed by atoms with Crippen LogP contribution >= 0.6 is 0 Å². The minimum atomic E-state index is -0.458. The van der Waals surface area contributed by atoms with Gasteiger partial charge in [0.05, 0.1) is 6.04 Å². The van der Waals surface area contributed by atoms with Gasteiger partial charge in [0.2, 0.25) is 0 Å². The maximum absolute atomic E-state index is 13.2. The summed E-state index contributed by atoms with van der Waals surface area (Å²) in [5.41, 5.74) is 0.480. The van der Waals surface area contributed by atoms with Crippen LogP contribution in [0.4, 0.5) is 4.39 Å². The molecule has 1 atom stereocenters. The van der Waals surface area contributed by atoms with E-state index in [2.05, 4.69) is 20.2 Å². The second kappa shape index (κ2) is 7.57. The van der Waals surface area contributed by atoms with E-state index in [1.165, 1.54) is 18.3 Å². The average Bonchev–Trinajstić information content (AvgIpc) is 3.10. The molecular formula is C18H21FN4O2. The zero-order valence-corrected chi connectivity index (χ0v) is 14.1. The molecule has 132 valence electrons. The van der Waals surface area contributed by atoms with Crippen LogP contribution in [0.5, 0.6) is 0 Å². The summed E-state index contributed by atoms with van der Waals surface area (Å²) in [5, 5.41) is 2.81. The first-order chi connectivity index (χ1) is 12.0. The maximum atomic E-state index is 13.2. The predicted molar refractivity (Wildman–Crippen MR) is 91.9 cm³/mol. The van der Waals surface area contributed by atoms with Gasteiger partial charge >= 0.3 is 0 Å². The van der Waals surface area contributed by atoms with Gasteiger partial charge < -0.3 is 10.3 Å².